The number of carboxylic acids is 3. The summed E-state index contributed by atoms with van der Waals surface area (Å²) in [5.41, 5.74) is 8.99. The van der Waals surface area contributed by atoms with E-state index in [1.165, 1.54) is 0 Å². The number of nitrogens with one attached hydrogen (secondary N) is 1. The lowest BCUT2D eigenvalue weighted by atomic mass is 10.0. The van der Waals surface area contributed by atoms with Crippen LogP contribution in [0.4, 0.5) is 0 Å². The van der Waals surface area contributed by atoms with Crippen LogP contribution in [0.2, 0.25) is 0 Å². The molecule has 0 radical (unpaired) electrons. The first-order valence-corrected chi connectivity index (χ1v) is 6.62. The molecule has 0 aliphatic carbocycles. The minimum absolute atomic E-state index is 0.137. The number of hydrogen-bond acceptors (Lipinski definition) is 6. The fourth-order valence-electron chi connectivity index (χ4n) is 1.63. The van der Waals surface area contributed by atoms with Crippen molar-refractivity contribution < 1.29 is 34.5 Å². The highest BCUT2D eigenvalue weighted by atomic mass is 16.4. The fraction of sp³-hybridized carbons (Fsp3) is 0.667. The molecule has 0 aromatic carbocycles. The number of aliphatic carboxylic acids is 3. The van der Waals surface area contributed by atoms with Gasteiger partial charge in [0.25, 0.3) is 0 Å². The summed E-state index contributed by atoms with van der Waals surface area (Å²) in [4.78, 5) is 43.7. The Balaban J connectivity index is 4.53. The molecule has 0 spiro atoms. The number of rotatable bonds is 11. The van der Waals surface area contributed by atoms with Gasteiger partial charge in [-0.05, 0) is 25.7 Å². The standard InChI is InChI=1S/C12H21N3O7/c13-7(4-5-9(18)19)10(20)15-12(14,11(21)22)6-2-1-3-8(16)17/h7H,1-6,13-14H2,(H,15,20)(H,16,17)(H,18,19)(H,21,22)/t7-,12-/m0/s1. The van der Waals surface area contributed by atoms with E-state index >= 15 is 0 Å². The molecule has 0 rings (SSSR count). The van der Waals surface area contributed by atoms with Gasteiger partial charge in [-0.3, -0.25) is 20.1 Å². The third-order valence-electron chi connectivity index (χ3n) is 2.95. The van der Waals surface area contributed by atoms with Gasteiger partial charge in [0.15, 0.2) is 5.66 Å². The molecule has 126 valence electrons. The lowest BCUT2D eigenvalue weighted by Gasteiger charge is -2.27. The van der Waals surface area contributed by atoms with Crippen LogP contribution in [0.5, 0.6) is 0 Å². The summed E-state index contributed by atoms with van der Waals surface area (Å²) < 4.78 is 0. The molecule has 0 aliphatic rings. The highest BCUT2D eigenvalue weighted by Crippen LogP contribution is 2.11. The molecule has 2 atom stereocenters. The minimum atomic E-state index is -2.07. The first-order chi connectivity index (χ1) is 10.1. The van der Waals surface area contributed by atoms with Gasteiger partial charge in [0, 0.05) is 12.8 Å². The number of nitrogens with two attached hydrogens (primary N) is 2. The second-order valence-corrected chi connectivity index (χ2v) is 4.91. The van der Waals surface area contributed by atoms with Crippen LogP contribution in [0, 0.1) is 0 Å². The summed E-state index contributed by atoms with van der Waals surface area (Å²) in [6, 6.07) is -1.20. The molecule has 0 aliphatic heterocycles. The molecular formula is C12H21N3O7. The van der Waals surface area contributed by atoms with E-state index in [9.17, 15) is 19.2 Å². The summed E-state index contributed by atoms with van der Waals surface area (Å²) in [5.74, 6) is -4.50. The molecule has 1 amide bonds. The zero-order valence-electron chi connectivity index (χ0n) is 11.9. The second-order valence-electron chi connectivity index (χ2n) is 4.91. The zero-order valence-corrected chi connectivity index (χ0v) is 11.9. The van der Waals surface area contributed by atoms with Crippen molar-refractivity contribution in [3.8, 4) is 0 Å². The normalized spacial score (nSPS) is 14.6. The SMILES string of the molecule is N[C@@H](CCC(=O)O)C(=O)N[C@@](N)(CCCCC(=O)O)C(=O)O. The average molecular weight is 319 g/mol. The van der Waals surface area contributed by atoms with Gasteiger partial charge in [-0.2, -0.15) is 0 Å². The molecule has 0 saturated carbocycles. The van der Waals surface area contributed by atoms with Crippen LogP contribution in [0.15, 0.2) is 0 Å². The van der Waals surface area contributed by atoms with Crippen LogP contribution in [0.1, 0.15) is 38.5 Å². The Kier molecular flexibility index (Phi) is 8.05. The van der Waals surface area contributed by atoms with Crippen LogP contribution in [0.3, 0.4) is 0 Å². The van der Waals surface area contributed by atoms with E-state index in [4.69, 9.17) is 26.8 Å². The molecule has 8 N–H and O–H groups in total. The van der Waals surface area contributed by atoms with Crippen LogP contribution in [-0.4, -0.2) is 50.8 Å². The molecule has 0 bridgehead atoms. The highest BCUT2D eigenvalue weighted by molar-refractivity contribution is 5.89. The molecule has 0 unspecified atom stereocenters. The third kappa shape index (κ3) is 7.55. The van der Waals surface area contributed by atoms with Crippen molar-refractivity contribution in [2.45, 2.75) is 50.2 Å². The molecule has 10 heteroatoms. The van der Waals surface area contributed by atoms with E-state index in [2.05, 4.69) is 5.32 Å². The van der Waals surface area contributed by atoms with E-state index in [1.54, 1.807) is 0 Å². The maximum Gasteiger partial charge on any atom is 0.344 e. The quantitative estimate of drug-likeness (QED) is 0.198. The van der Waals surface area contributed by atoms with Crippen LogP contribution in [0.25, 0.3) is 0 Å². The van der Waals surface area contributed by atoms with E-state index in [1.807, 2.05) is 0 Å². The summed E-state index contributed by atoms with van der Waals surface area (Å²) in [7, 11) is 0. The molecule has 22 heavy (non-hydrogen) atoms. The first-order valence-electron chi connectivity index (χ1n) is 6.62. The molecule has 0 aromatic heterocycles. The van der Waals surface area contributed by atoms with Gasteiger partial charge in [-0.15, -0.1) is 0 Å². The van der Waals surface area contributed by atoms with Gasteiger partial charge < -0.3 is 26.4 Å². The number of unbranched alkanes of at least 4 members (excludes halogenated alkanes) is 1. The topological polar surface area (TPSA) is 193 Å². The van der Waals surface area contributed by atoms with E-state index < -0.39 is 35.5 Å². The van der Waals surface area contributed by atoms with Gasteiger partial charge in [0.05, 0.1) is 6.04 Å². The largest absolute Gasteiger partial charge is 0.481 e. The number of carboxylic acid groups (broad SMARTS) is 3. The summed E-state index contributed by atoms with van der Waals surface area (Å²) in [6.07, 6.45) is -0.412. The molecule has 0 heterocycles. The minimum Gasteiger partial charge on any atom is -0.481 e. The van der Waals surface area contributed by atoms with Crippen molar-refractivity contribution in [1.82, 2.24) is 5.32 Å². The van der Waals surface area contributed by atoms with E-state index in [-0.39, 0.29) is 38.5 Å². The maximum absolute atomic E-state index is 11.8. The van der Waals surface area contributed by atoms with E-state index in [0.29, 0.717) is 0 Å². The van der Waals surface area contributed by atoms with Gasteiger partial charge in [0.2, 0.25) is 5.91 Å². The lowest BCUT2D eigenvalue weighted by Crippen LogP contribution is -2.64. The highest BCUT2D eigenvalue weighted by Gasteiger charge is 2.36. The lowest BCUT2D eigenvalue weighted by molar-refractivity contribution is -0.148. The average Bonchev–Trinajstić information content (AvgIpc) is 2.40. The molecule has 10 nitrogen and oxygen atoms in total. The molecule has 0 aromatic rings. The number of hydrogen-bond donors (Lipinski definition) is 6. The Morgan fingerprint density at radius 3 is 2.00 bits per heavy atom. The summed E-state index contributed by atoms with van der Waals surface area (Å²) in [5, 5.41) is 28.2. The first kappa shape index (κ1) is 19.8. The molecule has 0 saturated heterocycles. The Bertz CT molecular complexity index is 440. The number of carbonyl (C=O) groups excluding carboxylic acids is 1. The van der Waals surface area contributed by atoms with Gasteiger partial charge >= 0.3 is 17.9 Å². The number of amides is 1. The Morgan fingerprint density at radius 2 is 1.55 bits per heavy atom. The van der Waals surface area contributed by atoms with Crippen LogP contribution >= 0.6 is 0 Å². The van der Waals surface area contributed by atoms with Crippen molar-refractivity contribution >= 4 is 23.8 Å². The van der Waals surface area contributed by atoms with Crippen molar-refractivity contribution in [3.63, 3.8) is 0 Å². The van der Waals surface area contributed by atoms with Crippen molar-refractivity contribution in [1.29, 1.82) is 0 Å². The predicted molar refractivity (Wildman–Crippen MR) is 73.6 cm³/mol. The van der Waals surface area contributed by atoms with Crippen molar-refractivity contribution in [2.24, 2.45) is 11.5 Å². The molecular weight excluding hydrogens is 298 g/mol. The maximum atomic E-state index is 11.8. The number of carbonyl (C=O) groups is 4. The summed E-state index contributed by atoms with van der Waals surface area (Å²) >= 11 is 0. The van der Waals surface area contributed by atoms with Crippen LogP contribution in [-0.2, 0) is 19.2 Å². The Hall–Kier alpha value is -2.20. The summed E-state index contributed by atoms with van der Waals surface area (Å²) in [6.45, 7) is 0. The van der Waals surface area contributed by atoms with Crippen LogP contribution < -0.4 is 16.8 Å². The monoisotopic (exact) mass is 319 g/mol. The molecule has 0 fully saturated rings. The van der Waals surface area contributed by atoms with Gasteiger partial charge in [0.1, 0.15) is 0 Å². The smallest absolute Gasteiger partial charge is 0.344 e. The van der Waals surface area contributed by atoms with Crippen molar-refractivity contribution in [3.05, 3.63) is 0 Å². The fourth-order valence-corrected chi connectivity index (χ4v) is 1.63. The van der Waals surface area contributed by atoms with E-state index in [0.717, 1.165) is 0 Å². The Labute approximate surface area is 126 Å². The predicted octanol–water partition coefficient (Wildman–Crippen LogP) is -1.32. The second kappa shape index (κ2) is 8.95. The van der Waals surface area contributed by atoms with Gasteiger partial charge in [-0.1, -0.05) is 0 Å². The van der Waals surface area contributed by atoms with Crippen molar-refractivity contribution in [2.75, 3.05) is 0 Å². The Morgan fingerprint density at radius 1 is 1.00 bits per heavy atom. The zero-order chi connectivity index (χ0) is 17.3. The van der Waals surface area contributed by atoms with Gasteiger partial charge in [-0.25, -0.2) is 4.79 Å². The third-order valence-corrected chi connectivity index (χ3v) is 2.95.